The standard InChI is InChI=1S/C14H20N2O2/c1-9-5-6-11(13(17)7-9)14(18)16-12-4-2-3-10(12)8-15/h5-7,10,12,17H,2-4,8,15H2,1H3,(H,16,18). The van der Waals surface area contributed by atoms with Gasteiger partial charge in [0, 0.05) is 6.04 Å². The summed E-state index contributed by atoms with van der Waals surface area (Å²) in [6, 6.07) is 5.23. The topological polar surface area (TPSA) is 75.4 Å². The first-order valence-corrected chi connectivity index (χ1v) is 6.42. The number of rotatable bonds is 3. The molecule has 0 heterocycles. The van der Waals surface area contributed by atoms with E-state index in [1.807, 2.05) is 13.0 Å². The van der Waals surface area contributed by atoms with Gasteiger partial charge in [-0.15, -0.1) is 0 Å². The number of carbonyl (C=O) groups is 1. The Morgan fingerprint density at radius 2 is 2.28 bits per heavy atom. The van der Waals surface area contributed by atoms with Crippen LogP contribution in [0.5, 0.6) is 5.75 Å². The molecular formula is C14H20N2O2. The molecule has 4 nitrogen and oxygen atoms in total. The molecule has 2 unspecified atom stereocenters. The third-order valence-electron chi connectivity index (χ3n) is 3.68. The maximum Gasteiger partial charge on any atom is 0.255 e. The lowest BCUT2D eigenvalue weighted by Crippen LogP contribution is -2.39. The number of amides is 1. The smallest absolute Gasteiger partial charge is 0.255 e. The molecule has 0 radical (unpaired) electrons. The average Bonchev–Trinajstić information content (AvgIpc) is 2.76. The molecule has 1 aromatic carbocycles. The van der Waals surface area contributed by atoms with Gasteiger partial charge in [0.1, 0.15) is 5.75 Å². The summed E-state index contributed by atoms with van der Waals surface area (Å²) in [7, 11) is 0. The summed E-state index contributed by atoms with van der Waals surface area (Å²) in [6.45, 7) is 2.48. The van der Waals surface area contributed by atoms with E-state index in [0.29, 0.717) is 18.0 Å². The Bertz CT molecular complexity index is 445. The molecule has 1 amide bonds. The SMILES string of the molecule is Cc1ccc(C(=O)NC2CCCC2CN)c(O)c1. The monoisotopic (exact) mass is 248 g/mol. The van der Waals surface area contributed by atoms with E-state index in [4.69, 9.17) is 5.73 Å². The third kappa shape index (κ3) is 2.64. The van der Waals surface area contributed by atoms with Crippen LogP contribution in [0.2, 0.25) is 0 Å². The Hall–Kier alpha value is -1.55. The van der Waals surface area contributed by atoms with Crippen molar-refractivity contribution in [2.24, 2.45) is 11.7 Å². The molecular weight excluding hydrogens is 228 g/mol. The number of hydrogen-bond donors (Lipinski definition) is 3. The number of aryl methyl sites for hydroxylation is 1. The lowest BCUT2D eigenvalue weighted by atomic mass is 10.0. The second-order valence-electron chi connectivity index (χ2n) is 5.03. The number of nitrogens with one attached hydrogen (secondary N) is 1. The van der Waals surface area contributed by atoms with Crippen LogP contribution in [0.3, 0.4) is 0 Å². The number of phenolic OH excluding ortho intramolecular Hbond substituents is 1. The van der Waals surface area contributed by atoms with Gasteiger partial charge in [0.05, 0.1) is 5.56 Å². The number of hydrogen-bond acceptors (Lipinski definition) is 3. The summed E-state index contributed by atoms with van der Waals surface area (Å²) in [5.74, 6) is 0.189. The van der Waals surface area contributed by atoms with Crippen molar-refractivity contribution in [1.82, 2.24) is 5.32 Å². The minimum Gasteiger partial charge on any atom is -0.507 e. The zero-order valence-corrected chi connectivity index (χ0v) is 10.6. The highest BCUT2D eigenvalue weighted by Gasteiger charge is 2.28. The largest absolute Gasteiger partial charge is 0.507 e. The van der Waals surface area contributed by atoms with E-state index in [-0.39, 0.29) is 17.7 Å². The van der Waals surface area contributed by atoms with Gasteiger partial charge in [0.2, 0.25) is 0 Å². The lowest BCUT2D eigenvalue weighted by molar-refractivity contribution is 0.0926. The maximum absolute atomic E-state index is 12.1. The van der Waals surface area contributed by atoms with Crippen molar-refractivity contribution in [3.05, 3.63) is 29.3 Å². The zero-order valence-electron chi connectivity index (χ0n) is 10.6. The molecule has 1 fully saturated rings. The van der Waals surface area contributed by atoms with Crippen molar-refractivity contribution >= 4 is 5.91 Å². The van der Waals surface area contributed by atoms with Crippen molar-refractivity contribution in [2.45, 2.75) is 32.2 Å². The van der Waals surface area contributed by atoms with Crippen LogP contribution < -0.4 is 11.1 Å². The van der Waals surface area contributed by atoms with Gasteiger partial charge in [-0.3, -0.25) is 4.79 Å². The predicted molar refractivity (Wildman–Crippen MR) is 70.5 cm³/mol. The first kappa shape index (κ1) is 12.9. The summed E-state index contributed by atoms with van der Waals surface area (Å²) in [5.41, 5.74) is 6.96. The van der Waals surface area contributed by atoms with Crippen molar-refractivity contribution in [3.8, 4) is 5.75 Å². The van der Waals surface area contributed by atoms with Crippen LogP contribution in [-0.2, 0) is 0 Å². The van der Waals surface area contributed by atoms with Gasteiger partial charge in [0.25, 0.3) is 5.91 Å². The molecule has 0 spiro atoms. The first-order chi connectivity index (χ1) is 8.61. The Labute approximate surface area is 107 Å². The second kappa shape index (κ2) is 5.40. The number of benzene rings is 1. The van der Waals surface area contributed by atoms with Crippen LogP contribution in [-0.4, -0.2) is 23.6 Å². The quantitative estimate of drug-likeness (QED) is 0.759. The molecule has 0 aromatic heterocycles. The van der Waals surface area contributed by atoms with E-state index >= 15 is 0 Å². The van der Waals surface area contributed by atoms with Gasteiger partial charge in [-0.2, -0.15) is 0 Å². The van der Waals surface area contributed by atoms with Crippen LogP contribution in [0, 0.1) is 12.8 Å². The predicted octanol–water partition coefficient (Wildman–Crippen LogP) is 1.56. The zero-order chi connectivity index (χ0) is 13.1. The number of carbonyl (C=O) groups excluding carboxylic acids is 1. The Morgan fingerprint density at radius 1 is 1.50 bits per heavy atom. The van der Waals surface area contributed by atoms with Crippen molar-refractivity contribution in [2.75, 3.05) is 6.54 Å². The summed E-state index contributed by atoms with van der Waals surface area (Å²) >= 11 is 0. The molecule has 2 rings (SSSR count). The van der Waals surface area contributed by atoms with Crippen LogP contribution in [0.1, 0.15) is 35.2 Å². The molecule has 0 aliphatic heterocycles. The van der Waals surface area contributed by atoms with E-state index in [0.717, 1.165) is 24.8 Å². The van der Waals surface area contributed by atoms with Crippen LogP contribution in [0.25, 0.3) is 0 Å². The molecule has 1 saturated carbocycles. The van der Waals surface area contributed by atoms with E-state index in [1.165, 1.54) is 0 Å². The summed E-state index contributed by atoms with van der Waals surface area (Å²) in [5, 5.41) is 12.8. The molecule has 18 heavy (non-hydrogen) atoms. The molecule has 2 atom stereocenters. The molecule has 4 N–H and O–H groups in total. The highest BCUT2D eigenvalue weighted by atomic mass is 16.3. The van der Waals surface area contributed by atoms with Crippen molar-refractivity contribution in [3.63, 3.8) is 0 Å². The number of phenols is 1. The van der Waals surface area contributed by atoms with Gasteiger partial charge in [-0.25, -0.2) is 0 Å². The van der Waals surface area contributed by atoms with Gasteiger partial charge < -0.3 is 16.2 Å². The summed E-state index contributed by atoms with van der Waals surface area (Å²) in [4.78, 5) is 12.1. The Kier molecular flexibility index (Phi) is 3.87. The highest BCUT2D eigenvalue weighted by Crippen LogP contribution is 2.26. The molecule has 1 aliphatic carbocycles. The molecule has 1 aromatic rings. The second-order valence-corrected chi connectivity index (χ2v) is 5.03. The third-order valence-corrected chi connectivity index (χ3v) is 3.68. The van der Waals surface area contributed by atoms with Gasteiger partial charge >= 0.3 is 0 Å². The number of nitrogens with two attached hydrogens (primary N) is 1. The summed E-state index contributed by atoms with van der Waals surface area (Å²) < 4.78 is 0. The lowest BCUT2D eigenvalue weighted by Gasteiger charge is -2.19. The maximum atomic E-state index is 12.1. The Morgan fingerprint density at radius 3 is 2.94 bits per heavy atom. The minimum absolute atomic E-state index is 0.0368. The normalized spacial score (nSPS) is 23.0. The first-order valence-electron chi connectivity index (χ1n) is 6.42. The summed E-state index contributed by atoms with van der Waals surface area (Å²) in [6.07, 6.45) is 3.15. The Balaban J connectivity index is 2.07. The van der Waals surface area contributed by atoms with Crippen molar-refractivity contribution in [1.29, 1.82) is 0 Å². The van der Waals surface area contributed by atoms with E-state index in [9.17, 15) is 9.90 Å². The van der Waals surface area contributed by atoms with Gasteiger partial charge in [-0.05, 0) is 49.9 Å². The number of aromatic hydroxyl groups is 1. The molecule has 4 heteroatoms. The van der Waals surface area contributed by atoms with E-state index in [1.54, 1.807) is 12.1 Å². The minimum atomic E-state index is -0.210. The highest BCUT2D eigenvalue weighted by molar-refractivity contribution is 5.97. The van der Waals surface area contributed by atoms with Crippen LogP contribution in [0.15, 0.2) is 18.2 Å². The van der Waals surface area contributed by atoms with Gasteiger partial charge in [-0.1, -0.05) is 12.5 Å². The van der Waals surface area contributed by atoms with Gasteiger partial charge in [0.15, 0.2) is 0 Å². The fraction of sp³-hybridized carbons (Fsp3) is 0.500. The van der Waals surface area contributed by atoms with Crippen LogP contribution in [0.4, 0.5) is 0 Å². The molecule has 0 bridgehead atoms. The van der Waals surface area contributed by atoms with E-state index in [2.05, 4.69) is 5.32 Å². The van der Waals surface area contributed by atoms with Crippen molar-refractivity contribution < 1.29 is 9.90 Å². The fourth-order valence-corrected chi connectivity index (χ4v) is 2.59. The fourth-order valence-electron chi connectivity index (χ4n) is 2.59. The average molecular weight is 248 g/mol. The van der Waals surface area contributed by atoms with E-state index < -0.39 is 0 Å². The van der Waals surface area contributed by atoms with Crippen LogP contribution >= 0.6 is 0 Å². The molecule has 98 valence electrons. The molecule has 0 saturated heterocycles. The molecule has 1 aliphatic rings.